The molecule has 0 N–H and O–H groups in total. The molecule has 7 heteroatoms. The first kappa shape index (κ1) is 12.7. The summed E-state index contributed by atoms with van der Waals surface area (Å²) in [5.74, 6) is -0.157. The molecule has 0 fully saturated rings. The van der Waals surface area contributed by atoms with Crippen LogP contribution in [0.15, 0.2) is 9.64 Å². The number of carbonyl (C=O) groups is 2. The van der Waals surface area contributed by atoms with Crippen LogP contribution in [0, 0.1) is 6.92 Å². The lowest BCUT2D eigenvalue weighted by molar-refractivity contribution is -0.145. The second-order valence-electron chi connectivity index (χ2n) is 2.90. The van der Waals surface area contributed by atoms with Gasteiger partial charge in [-0.2, -0.15) is 0 Å². The Balaban J connectivity index is 2.27. The van der Waals surface area contributed by atoms with E-state index in [9.17, 15) is 9.59 Å². The Hall–Kier alpha value is -1.37. The highest BCUT2D eigenvalue weighted by Gasteiger charge is 2.12. The van der Waals surface area contributed by atoms with Crippen molar-refractivity contribution in [3.8, 4) is 0 Å². The first-order valence-electron chi connectivity index (χ1n) is 4.72. The van der Waals surface area contributed by atoms with Gasteiger partial charge in [0, 0.05) is 6.92 Å². The van der Waals surface area contributed by atoms with E-state index in [-0.39, 0.29) is 24.6 Å². The van der Waals surface area contributed by atoms with Crippen LogP contribution in [-0.4, -0.2) is 34.3 Å². The number of aryl methyl sites for hydroxylation is 1. The molecule has 0 aliphatic carbocycles. The second kappa shape index (κ2) is 6.26. The van der Waals surface area contributed by atoms with Gasteiger partial charge in [0.1, 0.15) is 6.42 Å². The van der Waals surface area contributed by atoms with Gasteiger partial charge >= 0.3 is 5.97 Å². The van der Waals surface area contributed by atoms with Crippen molar-refractivity contribution in [3.63, 3.8) is 0 Å². The maximum Gasteiger partial charge on any atom is 0.313 e. The van der Waals surface area contributed by atoms with E-state index < -0.39 is 5.97 Å². The van der Waals surface area contributed by atoms with Crippen molar-refractivity contribution >= 4 is 23.5 Å². The van der Waals surface area contributed by atoms with Gasteiger partial charge in [0.05, 0.1) is 12.4 Å². The number of hydrogen-bond acceptors (Lipinski definition) is 7. The van der Waals surface area contributed by atoms with Gasteiger partial charge in [0.2, 0.25) is 5.89 Å². The minimum atomic E-state index is -0.505. The molecular weight excluding hydrogens is 232 g/mol. The molecule has 0 saturated heterocycles. The lowest BCUT2D eigenvalue weighted by Gasteiger charge is -1.99. The molecule has 16 heavy (non-hydrogen) atoms. The smallest absolute Gasteiger partial charge is 0.313 e. The predicted molar refractivity (Wildman–Crippen MR) is 56.0 cm³/mol. The second-order valence-corrected chi connectivity index (χ2v) is 3.82. The molecule has 1 heterocycles. The highest BCUT2D eigenvalue weighted by molar-refractivity contribution is 7.99. The van der Waals surface area contributed by atoms with Crippen molar-refractivity contribution in [3.05, 3.63) is 5.89 Å². The van der Waals surface area contributed by atoms with Crippen LogP contribution in [0.3, 0.4) is 0 Å². The molecule has 0 aliphatic rings. The van der Waals surface area contributed by atoms with Gasteiger partial charge in [-0.3, -0.25) is 9.59 Å². The summed E-state index contributed by atoms with van der Waals surface area (Å²) in [6.07, 6.45) is -0.214. The number of carbonyl (C=O) groups excluding carboxylic acids is 2. The lowest BCUT2D eigenvalue weighted by Crippen LogP contribution is -2.12. The van der Waals surface area contributed by atoms with Crippen LogP contribution in [0.4, 0.5) is 0 Å². The Morgan fingerprint density at radius 3 is 2.75 bits per heavy atom. The standard InChI is InChI=1S/C9H12N2O4S/c1-3-14-8(13)4-7(12)5-16-9-11-10-6(2)15-9/h3-5H2,1-2H3. The zero-order valence-corrected chi connectivity index (χ0v) is 9.87. The zero-order chi connectivity index (χ0) is 12.0. The first-order chi connectivity index (χ1) is 7.61. The van der Waals surface area contributed by atoms with Gasteiger partial charge in [-0.05, 0) is 6.92 Å². The molecule has 0 saturated carbocycles. The van der Waals surface area contributed by atoms with Gasteiger partial charge in [-0.15, -0.1) is 10.2 Å². The summed E-state index contributed by atoms with van der Waals surface area (Å²) in [5, 5.41) is 7.65. The van der Waals surface area contributed by atoms with E-state index in [1.165, 1.54) is 0 Å². The highest BCUT2D eigenvalue weighted by Crippen LogP contribution is 2.15. The third-order valence-corrected chi connectivity index (χ3v) is 2.39. The summed E-state index contributed by atoms with van der Waals surface area (Å²) in [7, 11) is 0. The molecule has 0 bridgehead atoms. The molecule has 0 unspecified atom stereocenters. The third-order valence-electron chi connectivity index (χ3n) is 1.51. The number of nitrogens with zero attached hydrogens (tertiary/aromatic N) is 2. The first-order valence-corrected chi connectivity index (χ1v) is 5.70. The topological polar surface area (TPSA) is 82.3 Å². The van der Waals surface area contributed by atoms with E-state index >= 15 is 0 Å². The summed E-state index contributed by atoms with van der Waals surface area (Å²) in [6.45, 7) is 3.64. The van der Waals surface area contributed by atoms with Crippen LogP contribution < -0.4 is 0 Å². The fourth-order valence-electron chi connectivity index (χ4n) is 0.903. The number of hydrogen-bond donors (Lipinski definition) is 0. The SMILES string of the molecule is CCOC(=O)CC(=O)CSc1nnc(C)o1. The molecule has 1 rings (SSSR count). The van der Waals surface area contributed by atoms with Crippen LogP contribution in [0.25, 0.3) is 0 Å². The van der Waals surface area contributed by atoms with Crippen molar-refractivity contribution in [2.24, 2.45) is 0 Å². The van der Waals surface area contributed by atoms with Crippen molar-refractivity contribution in [1.29, 1.82) is 0 Å². The van der Waals surface area contributed by atoms with Crippen LogP contribution in [0.2, 0.25) is 0 Å². The third kappa shape index (κ3) is 4.43. The summed E-state index contributed by atoms with van der Waals surface area (Å²) in [4.78, 5) is 22.3. The maximum absolute atomic E-state index is 11.3. The molecule has 0 aromatic carbocycles. The Labute approximate surface area is 96.7 Å². The quantitative estimate of drug-likeness (QED) is 0.419. The van der Waals surface area contributed by atoms with Gasteiger partial charge in [-0.1, -0.05) is 11.8 Å². The molecule has 0 aliphatic heterocycles. The largest absolute Gasteiger partial charge is 0.466 e. The Morgan fingerprint density at radius 1 is 1.44 bits per heavy atom. The van der Waals surface area contributed by atoms with E-state index in [2.05, 4.69) is 14.9 Å². The molecule has 0 radical (unpaired) electrons. The molecule has 0 spiro atoms. The summed E-state index contributed by atoms with van der Waals surface area (Å²) >= 11 is 1.11. The van der Waals surface area contributed by atoms with E-state index in [0.717, 1.165) is 11.8 Å². The van der Waals surface area contributed by atoms with Gasteiger partial charge in [0.25, 0.3) is 5.22 Å². The minimum absolute atomic E-state index is 0.125. The number of Topliss-reactive ketones (excluding diaryl/α,β-unsaturated/α-hetero) is 1. The van der Waals surface area contributed by atoms with Crippen LogP contribution in [-0.2, 0) is 14.3 Å². The monoisotopic (exact) mass is 244 g/mol. The molecule has 1 aromatic heterocycles. The molecular formula is C9H12N2O4S. The predicted octanol–water partition coefficient (Wildman–Crippen LogP) is 0.992. The number of rotatable bonds is 6. The van der Waals surface area contributed by atoms with E-state index in [0.29, 0.717) is 11.1 Å². The van der Waals surface area contributed by atoms with Crippen molar-refractivity contribution < 1.29 is 18.7 Å². The fourth-order valence-corrected chi connectivity index (χ4v) is 1.57. The summed E-state index contributed by atoms with van der Waals surface area (Å²) < 4.78 is 9.71. The average Bonchev–Trinajstić information content (AvgIpc) is 2.61. The zero-order valence-electron chi connectivity index (χ0n) is 9.06. The number of ether oxygens (including phenoxy) is 1. The fraction of sp³-hybridized carbons (Fsp3) is 0.556. The van der Waals surface area contributed by atoms with Crippen LogP contribution >= 0.6 is 11.8 Å². The molecule has 88 valence electrons. The summed E-state index contributed by atoms with van der Waals surface area (Å²) in [6, 6.07) is 0. The molecule has 0 atom stereocenters. The van der Waals surface area contributed by atoms with Crippen LogP contribution in [0.5, 0.6) is 0 Å². The van der Waals surface area contributed by atoms with Gasteiger partial charge in [-0.25, -0.2) is 0 Å². The van der Waals surface area contributed by atoms with Crippen molar-refractivity contribution in [1.82, 2.24) is 10.2 Å². The number of ketones is 1. The lowest BCUT2D eigenvalue weighted by atomic mass is 10.3. The normalized spacial score (nSPS) is 10.1. The summed E-state index contributed by atoms with van der Waals surface area (Å²) in [5.41, 5.74) is 0. The average molecular weight is 244 g/mol. The Bertz CT molecular complexity index is 377. The van der Waals surface area contributed by atoms with Crippen molar-refractivity contribution in [2.75, 3.05) is 12.4 Å². The van der Waals surface area contributed by atoms with Gasteiger partial charge < -0.3 is 9.15 Å². The Kier molecular flexibility index (Phi) is 4.97. The molecule has 1 aromatic rings. The number of aromatic nitrogens is 2. The van der Waals surface area contributed by atoms with E-state index in [4.69, 9.17) is 4.42 Å². The van der Waals surface area contributed by atoms with Gasteiger partial charge in [0.15, 0.2) is 5.78 Å². The van der Waals surface area contributed by atoms with E-state index in [1.54, 1.807) is 13.8 Å². The minimum Gasteiger partial charge on any atom is -0.466 e. The highest BCUT2D eigenvalue weighted by atomic mass is 32.2. The van der Waals surface area contributed by atoms with Crippen molar-refractivity contribution in [2.45, 2.75) is 25.5 Å². The number of esters is 1. The van der Waals surface area contributed by atoms with E-state index in [1.807, 2.05) is 0 Å². The maximum atomic E-state index is 11.3. The number of thioether (sulfide) groups is 1. The molecule has 6 nitrogen and oxygen atoms in total. The molecule has 0 amide bonds. The van der Waals surface area contributed by atoms with Crippen LogP contribution in [0.1, 0.15) is 19.2 Å². The Morgan fingerprint density at radius 2 is 2.19 bits per heavy atom.